The van der Waals surface area contributed by atoms with E-state index in [2.05, 4.69) is 30.8 Å². The fourth-order valence-corrected chi connectivity index (χ4v) is 8.10. The molecule has 0 radical (unpaired) electrons. The minimum Gasteiger partial charge on any atom is -0.374 e. The lowest BCUT2D eigenvalue weighted by molar-refractivity contribution is -0.139. The van der Waals surface area contributed by atoms with Gasteiger partial charge in [-0.2, -0.15) is 0 Å². The predicted molar refractivity (Wildman–Crippen MR) is 178 cm³/mol. The van der Waals surface area contributed by atoms with Crippen LogP contribution < -0.4 is 15.8 Å². The standard InChI is InChI=1S/C35H50N4O5S/c1-7-39(31(40)29(37-32(41)34(5,6)36)24-44-23-25-14-10-8-11-15-25)22-28-30(26-16-18-27(19-17-26)33(2,3)4)45(42,43)38-35(28)20-12-9-13-21-35/h8,10-11,14-19,29,38H,7,9,12-13,20-24,36H2,1-6H3,(H,37,41)/t29-/m1/s1. The first kappa shape index (κ1) is 34.8. The van der Waals surface area contributed by atoms with Crippen LogP contribution in [-0.4, -0.2) is 61.9 Å². The van der Waals surface area contributed by atoms with E-state index in [1.807, 2.05) is 61.5 Å². The quantitative estimate of drug-likeness (QED) is 0.329. The van der Waals surface area contributed by atoms with Gasteiger partial charge in [0.2, 0.25) is 21.8 Å². The second kappa shape index (κ2) is 13.7. The van der Waals surface area contributed by atoms with E-state index >= 15 is 0 Å². The Balaban J connectivity index is 1.70. The molecule has 2 aromatic rings. The van der Waals surface area contributed by atoms with Crippen molar-refractivity contribution < 1.29 is 22.7 Å². The monoisotopic (exact) mass is 638 g/mol. The fraction of sp³-hybridized carbons (Fsp3) is 0.543. The summed E-state index contributed by atoms with van der Waals surface area (Å²) in [5.41, 5.74) is 7.37. The van der Waals surface area contributed by atoms with Crippen LogP contribution in [-0.2, 0) is 36.4 Å². The maximum absolute atomic E-state index is 14.2. The summed E-state index contributed by atoms with van der Waals surface area (Å²) >= 11 is 0. The topological polar surface area (TPSA) is 131 Å². The third-order valence-corrected chi connectivity index (χ3v) is 10.5. The van der Waals surface area contributed by atoms with E-state index in [0.29, 0.717) is 30.5 Å². The molecule has 1 fully saturated rings. The maximum Gasteiger partial charge on any atom is 0.247 e. The average Bonchev–Trinajstić information content (AvgIpc) is 3.19. The largest absolute Gasteiger partial charge is 0.374 e. The molecular formula is C35H50N4O5S. The fourth-order valence-electron chi connectivity index (χ4n) is 6.13. The summed E-state index contributed by atoms with van der Waals surface area (Å²) in [5.74, 6) is -0.832. The van der Waals surface area contributed by atoms with Gasteiger partial charge in [0.15, 0.2) is 0 Å². The zero-order chi connectivity index (χ0) is 33.0. The Bertz CT molecular complexity index is 1480. The number of nitrogens with two attached hydrogens (primary N) is 1. The van der Waals surface area contributed by atoms with Crippen LogP contribution in [0.5, 0.6) is 0 Å². The molecule has 4 rings (SSSR count). The Labute approximate surface area is 269 Å². The van der Waals surface area contributed by atoms with Gasteiger partial charge in [-0.05, 0) is 61.3 Å². The second-order valence-electron chi connectivity index (χ2n) is 14.0. The highest BCUT2D eigenvalue weighted by molar-refractivity contribution is 7.99. The molecule has 45 heavy (non-hydrogen) atoms. The number of nitrogens with one attached hydrogen (secondary N) is 2. The van der Waals surface area contributed by atoms with E-state index in [-0.39, 0.29) is 36.0 Å². The van der Waals surface area contributed by atoms with Crippen molar-refractivity contribution in [3.63, 3.8) is 0 Å². The number of ether oxygens (including phenoxy) is 1. The van der Waals surface area contributed by atoms with Crippen LogP contribution in [0.1, 0.15) is 90.3 Å². The molecule has 4 N–H and O–H groups in total. The molecule has 2 amide bonds. The molecule has 1 atom stereocenters. The van der Waals surface area contributed by atoms with Gasteiger partial charge < -0.3 is 20.7 Å². The lowest BCUT2D eigenvalue weighted by Gasteiger charge is -2.38. The number of sulfonamides is 1. The number of carbonyl (C=O) groups is 2. The van der Waals surface area contributed by atoms with Gasteiger partial charge in [0.1, 0.15) is 6.04 Å². The van der Waals surface area contributed by atoms with Gasteiger partial charge >= 0.3 is 0 Å². The zero-order valence-electron chi connectivity index (χ0n) is 27.6. The molecule has 10 heteroatoms. The summed E-state index contributed by atoms with van der Waals surface area (Å²) in [7, 11) is -3.85. The summed E-state index contributed by atoms with van der Waals surface area (Å²) < 4.78 is 36.7. The lowest BCUT2D eigenvalue weighted by Crippen LogP contribution is -2.58. The van der Waals surface area contributed by atoms with Crippen molar-refractivity contribution in [2.24, 2.45) is 5.73 Å². The molecule has 0 unspecified atom stereocenters. The molecule has 2 aromatic carbocycles. The zero-order valence-corrected chi connectivity index (χ0v) is 28.4. The number of hydrogen-bond acceptors (Lipinski definition) is 6. The number of nitrogens with zero attached hydrogens (tertiary/aromatic N) is 1. The highest BCUT2D eigenvalue weighted by atomic mass is 32.2. The summed E-state index contributed by atoms with van der Waals surface area (Å²) in [6, 6.07) is 16.3. The van der Waals surface area contributed by atoms with Crippen molar-refractivity contribution in [2.75, 3.05) is 19.7 Å². The molecule has 0 bridgehead atoms. The van der Waals surface area contributed by atoms with Crippen LogP contribution in [0, 0.1) is 0 Å². The van der Waals surface area contributed by atoms with E-state index in [1.54, 1.807) is 18.7 Å². The Morgan fingerprint density at radius 1 is 1.00 bits per heavy atom. The van der Waals surface area contributed by atoms with Crippen LogP contribution >= 0.6 is 0 Å². The molecule has 2 aliphatic rings. The van der Waals surface area contributed by atoms with Crippen LogP contribution in [0.2, 0.25) is 0 Å². The van der Waals surface area contributed by atoms with Crippen molar-refractivity contribution in [3.8, 4) is 0 Å². The van der Waals surface area contributed by atoms with E-state index in [9.17, 15) is 18.0 Å². The van der Waals surface area contributed by atoms with Crippen LogP contribution in [0.15, 0.2) is 60.2 Å². The number of amides is 2. The van der Waals surface area contributed by atoms with E-state index in [1.165, 1.54) is 0 Å². The molecule has 1 aliphatic carbocycles. The Hall–Kier alpha value is -3.05. The van der Waals surface area contributed by atoms with Crippen molar-refractivity contribution in [1.82, 2.24) is 14.9 Å². The maximum atomic E-state index is 14.2. The Kier molecular flexibility index (Phi) is 10.6. The number of likely N-dealkylation sites (N-methyl/N-ethyl adjacent to an activating group) is 1. The Morgan fingerprint density at radius 2 is 1.62 bits per heavy atom. The highest BCUT2D eigenvalue weighted by Gasteiger charge is 2.50. The molecule has 9 nitrogen and oxygen atoms in total. The number of rotatable bonds is 11. The number of carbonyl (C=O) groups excluding carboxylic acids is 2. The van der Waals surface area contributed by atoms with E-state index < -0.39 is 33.1 Å². The molecule has 0 saturated heterocycles. The SMILES string of the molecule is CCN(CC1=C(c2ccc(C(C)(C)C)cc2)S(=O)(=O)NC12CCCCC2)C(=O)[C@@H](COCc1ccccc1)NC(=O)C(C)(C)N. The first-order valence-corrected chi connectivity index (χ1v) is 17.4. The van der Waals surface area contributed by atoms with Crippen LogP contribution in [0.4, 0.5) is 0 Å². The highest BCUT2D eigenvalue weighted by Crippen LogP contribution is 2.46. The van der Waals surface area contributed by atoms with E-state index in [4.69, 9.17) is 10.5 Å². The molecule has 1 spiro atoms. The molecule has 1 heterocycles. The van der Waals surface area contributed by atoms with Gasteiger partial charge in [-0.3, -0.25) is 9.59 Å². The minimum atomic E-state index is -3.85. The van der Waals surface area contributed by atoms with E-state index in [0.717, 1.165) is 30.4 Å². The third-order valence-electron chi connectivity index (χ3n) is 8.80. The van der Waals surface area contributed by atoms with Crippen molar-refractivity contribution in [2.45, 2.75) is 103 Å². The molecule has 1 saturated carbocycles. The lowest BCUT2D eigenvalue weighted by atomic mass is 9.76. The Morgan fingerprint density at radius 3 is 2.18 bits per heavy atom. The van der Waals surface area contributed by atoms with Crippen molar-refractivity contribution in [1.29, 1.82) is 0 Å². The summed E-state index contributed by atoms with van der Waals surface area (Å²) in [5, 5.41) is 2.80. The van der Waals surface area contributed by atoms with Crippen LogP contribution in [0.25, 0.3) is 4.91 Å². The molecule has 1 aliphatic heterocycles. The van der Waals surface area contributed by atoms with Gasteiger partial charge in [0.05, 0.1) is 29.2 Å². The van der Waals surface area contributed by atoms with Crippen molar-refractivity contribution >= 4 is 26.7 Å². The van der Waals surface area contributed by atoms with Gasteiger partial charge in [-0.15, -0.1) is 0 Å². The van der Waals surface area contributed by atoms with Gasteiger partial charge in [0, 0.05) is 13.1 Å². The minimum absolute atomic E-state index is 0.0616. The predicted octanol–water partition coefficient (Wildman–Crippen LogP) is 4.62. The first-order chi connectivity index (χ1) is 21.1. The average molecular weight is 639 g/mol. The van der Waals surface area contributed by atoms with Crippen molar-refractivity contribution in [3.05, 3.63) is 76.9 Å². The number of benzene rings is 2. The summed E-state index contributed by atoms with van der Waals surface area (Å²) in [4.78, 5) is 29.0. The molecule has 246 valence electrons. The number of hydrogen-bond donors (Lipinski definition) is 3. The molecular weight excluding hydrogens is 588 g/mol. The summed E-state index contributed by atoms with van der Waals surface area (Å²) in [6.07, 6.45) is 4.14. The third kappa shape index (κ3) is 8.22. The smallest absolute Gasteiger partial charge is 0.247 e. The van der Waals surface area contributed by atoms with Gasteiger partial charge in [-0.1, -0.05) is 94.6 Å². The van der Waals surface area contributed by atoms with Gasteiger partial charge in [0.25, 0.3) is 0 Å². The normalized spacial score (nSPS) is 18.6. The molecule has 0 aromatic heterocycles. The van der Waals surface area contributed by atoms with Crippen LogP contribution in [0.3, 0.4) is 0 Å². The second-order valence-corrected chi connectivity index (χ2v) is 15.6. The first-order valence-electron chi connectivity index (χ1n) is 16.0. The van der Waals surface area contributed by atoms with Gasteiger partial charge in [-0.25, -0.2) is 13.1 Å². The summed E-state index contributed by atoms with van der Waals surface area (Å²) in [6.45, 7) is 12.0.